The molecule has 0 radical (unpaired) electrons. The van der Waals surface area contributed by atoms with E-state index in [4.69, 9.17) is 4.74 Å². The molecule has 0 saturated carbocycles. The zero-order valence-electron chi connectivity index (χ0n) is 12.6. The van der Waals surface area contributed by atoms with E-state index in [1.165, 1.54) is 13.2 Å². The smallest absolute Gasteiger partial charge is 0.233 e. The SMILES string of the molecule is C=CS(=O)(=O)NC[C@H]1CCN(Cc2ccc(OC)cc2F)C1. The van der Waals surface area contributed by atoms with Gasteiger partial charge in [-0.3, -0.25) is 4.90 Å². The van der Waals surface area contributed by atoms with Crippen LogP contribution in [0.25, 0.3) is 0 Å². The van der Waals surface area contributed by atoms with Crippen LogP contribution in [0.5, 0.6) is 5.75 Å². The number of nitrogens with zero attached hydrogens (tertiary/aromatic N) is 1. The standard InChI is InChI=1S/C15H21FN2O3S/c1-3-22(19,20)17-9-12-6-7-18(10-12)11-13-4-5-14(21-2)8-15(13)16/h3-5,8,12,17H,1,6-7,9-11H2,2H3/t12-/m1/s1. The minimum absolute atomic E-state index is 0.232. The highest BCUT2D eigenvalue weighted by Crippen LogP contribution is 2.22. The lowest BCUT2D eigenvalue weighted by molar-refractivity contribution is 0.311. The van der Waals surface area contributed by atoms with E-state index in [9.17, 15) is 12.8 Å². The number of halogens is 1. The van der Waals surface area contributed by atoms with Crippen molar-refractivity contribution < 1.29 is 17.5 Å². The highest BCUT2D eigenvalue weighted by Gasteiger charge is 2.24. The van der Waals surface area contributed by atoms with Crippen LogP contribution in [0.4, 0.5) is 4.39 Å². The van der Waals surface area contributed by atoms with Crippen molar-refractivity contribution in [3.8, 4) is 5.75 Å². The normalized spacial score (nSPS) is 19.3. The number of benzene rings is 1. The molecule has 1 saturated heterocycles. The number of likely N-dealkylation sites (tertiary alicyclic amines) is 1. The molecule has 1 aliphatic rings. The number of methoxy groups -OCH3 is 1. The molecule has 22 heavy (non-hydrogen) atoms. The molecule has 1 fully saturated rings. The van der Waals surface area contributed by atoms with Crippen LogP contribution < -0.4 is 9.46 Å². The average Bonchev–Trinajstić information content (AvgIpc) is 2.95. The van der Waals surface area contributed by atoms with Crippen LogP contribution in [0.1, 0.15) is 12.0 Å². The summed E-state index contributed by atoms with van der Waals surface area (Å²) in [6, 6.07) is 4.84. The summed E-state index contributed by atoms with van der Waals surface area (Å²) in [6.45, 7) is 5.73. The molecule has 1 aliphatic heterocycles. The molecule has 1 heterocycles. The predicted molar refractivity (Wildman–Crippen MR) is 83.5 cm³/mol. The van der Waals surface area contributed by atoms with Gasteiger partial charge in [-0.05, 0) is 24.9 Å². The molecule has 7 heteroatoms. The van der Waals surface area contributed by atoms with Crippen molar-refractivity contribution in [2.75, 3.05) is 26.7 Å². The maximum absolute atomic E-state index is 13.9. The summed E-state index contributed by atoms with van der Waals surface area (Å²) in [5.74, 6) is 0.450. The fraction of sp³-hybridized carbons (Fsp3) is 0.467. The van der Waals surface area contributed by atoms with E-state index in [0.717, 1.165) is 24.9 Å². The molecule has 122 valence electrons. The Morgan fingerprint density at radius 3 is 2.95 bits per heavy atom. The fourth-order valence-electron chi connectivity index (χ4n) is 2.54. The van der Waals surface area contributed by atoms with E-state index in [-0.39, 0.29) is 11.7 Å². The Balaban J connectivity index is 1.87. The summed E-state index contributed by atoms with van der Waals surface area (Å²) >= 11 is 0. The fourth-order valence-corrected chi connectivity index (χ4v) is 3.13. The van der Waals surface area contributed by atoms with Crippen LogP contribution in [0.15, 0.2) is 30.2 Å². The van der Waals surface area contributed by atoms with Crippen molar-refractivity contribution in [2.45, 2.75) is 13.0 Å². The van der Waals surface area contributed by atoms with Crippen molar-refractivity contribution in [2.24, 2.45) is 5.92 Å². The molecule has 0 amide bonds. The Labute approximate surface area is 130 Å². The van der Waals surface area contributed by atoms with E-state index in [1.807, 2.05) is 0 Å². The van der Waals surface area contributed by atoms with Gasteiger partial charge in [0.05, 0.1) is 7.11 Å². The second-order valence-electron chi connectivity index (χ2n) is 5.41. The Kier molecular flexibility index (Phi) is 5.55. The quantitative estimate of drug-likeness (QED) is 0.828. The van der Waals surface area contributed by atoms with Crippen LogP contribution >= 0.6 is 0 Å². The molecule has 0 aliphatic carbocycles. The molecule has 1 atom stereocenters. The first-order valence-corrected chi connectivity index (χ1v) is 8.65. The highest BCUT2D eigenvalue weighted by molar-refractivity contribution is 7.92. The molecule has 0 spiro atoms. The molecule has 1 aromatic rings. The van der Waals surface area contributed by atoms with Gasteiger partial charge in [0, 0.05) is 36.7 Å². The van der Waals surface area contributed by atoms with Gasteiger partial charge in [-0.1, -0.05) is 12.6 Å². The molecule has 1 N–H and O–H groups in total. The van der Waals surface area contributed by atoms with Gasteiger partial charge in [0.25, 0.3) is 0 Å². The maximum atomic E-state index is 13.9. The molecule has 2 rings (SSSR count). The molecule has 0 unspecified atom stereocenters. The lowest BCUT2D eigenvalue weighted by Gasteiger charge is -2.17. The van der Waals surface area contributed by atoms with E-state index in [1.54, 1.807) is 12.1 Å². The van der Waals surface area contributed by atoms with Gasteiger partial charge in [0.15, 0.2) is 0 Å². The summed E-state index contributed by atoms with van der Waals surface area (Å²) in [7, 11) is -1.87. The van der Waals surface area contributed by atoms with Crippen LogP contribution in [0.2, 0.25) is 0 Å². The zero-order valence-corrected chi connectivity index (χ0v) is 13.4. The van der Waals surface area contributed by atoms with E-state index < -0.39 is 10.0 Å². The van der Waals surface area contributed by atoms with E-state index >= 15 is 0 Å². The third-order valence-corrected chi connectivity index (χ3v) is 4.82. The molecule has 1 aromatic carbocycles. The Morgan fingerprint density at radius 2 is 2.32 bits per heavy atom. The summed E-state index contributed by atoms with van der Waals surface area (Å²) in [5.41, 5.74) is 0.619. The van der Waals surface area contributed by atoms with E-state index in [2.05, 4.69) is 16.2 Å². The lowest BCUT2D eigenvalue weighted by atomic mass is 10.1. The number of ether oxygens (including phenoxy) is 1. The number of hydrogen-bond donors (Lipinski definition) is 1. The largest absolute Gasteiger partial charge is 0.497 e. The second kappa shape index (κ2) is 7.21. The van der Waals surface area contributed by atoms with Gasteiger partial charge in [0.2, 0.25) is 10.0 Å². The average molecular weight is 328 g/mol. The molecule has 0 aromatic heterocycles. The maximum Gasteiger partial charge on any atom is 0.233 e. The third-order valence-electron chi connectivity index (χ3n) is 3.82. The topological polar surface area (TPSA) is 58.6 Å². The summed E-state index contributed by atoms with van der Waals surface area (Å²) < 4.78 is 44.1. The molecule has 0 bridgehead atoms. The first kappa shape index (κ1) is 16.9. The van der Waals surface area contributed by atoms with Crippen molar-refractivity contribution >= 4 is 10.0 Å². The van der Waals surface area contributed by atoms with Gasteiger partial charge < -0.3 is 4.74 Å². The first-order chi connectivity index (χ1) is 10.4. The van der Waals surface area contributed by atoms with Crippen LogP contribution in [-0.2, 0) is 16.6 Å². The van der Waals surface area contributed by atoms with Gasteiger partial charge in [0.1, 0.15) is 11.6 Å². The first-order valence-electron chi connectivity index (χ1n) is 7.10. The van der Waals surface area contributed by atoms with Crippen molar-refractivity contribution in [3.63, 3.8) is 0 Å². The van der Waals surface area contributed by atoms with Gasteiger partial charge in [-0.2, -0.15) is 0 Å². The summed E-state index contributed by atoms with van der Waals surface area (Å²) in [5, 5.41) is 0.909. The second-order valence-corrected chi connectivity index (χ2v) is 7.12. The number of hydrogen-bond acceptors (Lipinski definition) is 4. The summed E-state index contributed by atoms with van der Waals surface area (Å²) in [4.78, 5) is 2.12. The van der Waals surface area contributed by atoms with Gasteiger partial charge >= 0.3 is 0 Å². The minimum atomic E-state index is -3.38. The Morgan fingerprint density at radius 1 is 1.55 bits per heavy atom. The monoisotopic (exact) mass is 328 g/mol. The third kappa shape index (κ3) is 4.53. The molecular formula is C15H21FN2O3S. The van der Waals surface area contributed by atoms with E-state index in [0.29, 0.717) is 24.4 Å². The molecule has 5 nitrogen and oxygen atoms in total. The van der Waals surface area contributed by atoms with Gasteiger partial charge in [-0.15, -0.1) is 0 Å². The van der Waals surface area contributed by atoms with Crippen molar-refractivity contribution in [1.82, 2.24) is 9.62 Å². The summed E-state index contributed by atoms with van der Waals surface area (Å²) in [6.07, 6.45) is 0.886. The number of rotatable bonds is 7. The zero-order chi connectivity index (χ0) is 16.2. The van der Waals surface area contributed by atoms with Gasteiger partial charge in [-0.25, -0.2) is 17.5 Å². The van der Waals surface area contributed by atoms with Crippen LogP contribution in [-0.4, -0.2) is 40.1 Å². The highest BCUT2D eigenvalue weighted by atomic mass is 32.2. The minimum Gasteiger partial charge on any atom is -0.497 e. The lowest BCUT2D eigenvalue weighted by Crippen LogP contribution is -2.29. The molecular weight excluding hydrogens is 307 g/mol. The van der Waals surface area contributed by atoms with Crippen LogP contribution in [0.3, 0.4) is 0 Å². The van der Waals surface area contributed by atoms with Crippen molar-refractivity contribution in [3.05, 3.63) is 41.6 Å². The predicted octanol–water partition coefficient (Wildman–Crippen LogP) is 1.72. The Hall–Kier alpha value is -1.44. The number of sulfonamides is 1. The van der Waals surface area contributed by atoms with Crippen molar-refractivity contribution in [1.29, 1.82) is 0 Å². The van der Waals surface area contributed by atoms with Crippen LogP contribution in [0, 0.1) is 11.7 Å². The number of nitrogens with one attached hydrogen (secondary N) is 1. The Bertz CT molecular complexity index is 634.